The molecule has 0 spiro atoms. The zero-order chi connectivity index (χ0) is 13.5. The maximum Gasteiger partial charge on any atom is 0.331 e. The smallest absolute Gasteiger partial charge is 0.331 e. The second-order valence-electron chi connectivity index (χ2n) is 3.22. The Labute approximate surface area is 108 Å². The van der Waals surface area contributed by atoms with E-state index in [-0.39, 0.29) is 6.61 Å². The highest BCUT2D eigenvalue weighted by molar-refractivity contribution is 5.70. The zero-order valence-corrected chi connectivity index (χ0v) is 10.9. The van der Waals surface area contributed by atoms with E-state index in [9.17, 15) is 4.79 Å². The van der Waals surface area contributed by atoms with Gasteiger partial charge in [-0.3, -0.25) is 0 Å². The number of hydrogen-bond acceptors (Lipinski definition) is 6. The number of esters is 1. The van der Waals surface area contributed by atoms with Gasteiger partial charge in [0.1, 0.15) is 6.61 Å². The Morgan fingerprint density at radius 3 is 1.94 bits per heavy atom. The summed E-state index contributed by atoms with van der Waals surface area (Å²) in [6.07, 6.45) is 1.69. The molecule has 0 aliphatic heterocycles. The average Bonchev–Trinajstić information content (AvgIpc) is 2.39. The number of hydrogen-bond donors (Lipinski definition) is 0. The molecule has 106 valence electrons. The van der Waals surface area contributed by atoms with Crippen LogP contribution in [0.2, 0.25) is 0 Å². The van der Waals surface area contributed by atoms with E-state index >= 15 is 0 Å². The van der Waals surface area contributed by atoms with Crippen molar-refractivity contribution < 1.29 is 28.5 Å². The summed E-state index contributed by atoms with van der Waals surface area (Å²) in [5, 5.41) is 0. The predicted molar refractivity (Wildman–Crippen MR) is 65.5 cm³/mol. The van der Waals surface area contributed by atoms with Crippen molar-refractivity contribution in [3.8, 4) is 0 Å². The lowest BCUT2D eigenvalue weighted by atomic mass is 10.6. The van der Waals surface area contributed by atoms with E-state index < -0.39 is 5.97 Å². The van der Waals surface area contributed by atoms with E-state index in [4.69, 9.17) is 18.9 Å². The maximum atomic E-state index is 10.7. The van der Waals surface area contributed by atoms with Gasteiger partial charge in [-0.15, -0.1) is 6.58 Å². The van der Waals surface area contributed by atoms with Gasteiger partial charge in [0.2, 0.25) is 0 Å². The van der Waals surface area contributed by atoms with E-state index in [2.05, 4.69) is 11.3 Å². The van der Waals surface area contributed by atoms with Crippen LogP contribution in [-0.2, 0) is 28.5 Å². The lowest BCUT2D eigenvalue weighted by molar-refractivity contribution is -0.146. The van der Waals surface area contributed by atoms with E-state index in [1.165, 1.54) is 7.11 Å². The molecule has 0 aliphatic carbocycles. The number of rotatable bonds is 13. The molecule has 0 unspecified atom stereocenters. The van der Waals surface area contributed by atoms with Gasteiger partial charge in [-0.2, -0.15) is 0 Å². The summed E-state index contributed by atoms with van der Waals surface area (Å²) in [6.45, 7) is 6.90. The Balaban J connectivity index is 2.98. The normalized spacial score (nSPS) is 10.3. The molecule has 0 heterocycles. The van der Waals surface area contributed by atoms with Crippen molar-refractivity contribution in [3.63, 3.8) is 0 Å². The Bertz CT molecular complexity index is 207. The molecular weight excluding hydrogens is 240 g/mol. The third-order valence-electron chi connectivity index (χ3n) is 1.80. The summed E-state index contributed by atoms with van der Waals surface area (Å²) < 4.78 is 25.0. The van der Waals surface area contributed by atoms with Crippen LogP contribution in [0.4, 0.5) is 0 Å². The summed E-state index contributed by atoms with van der Waals surface area (Å²) in [6, 6.07) is 0. The Kier molecular flexibility index (Phi) is 13.4. The fraction of sp³-hybridized carbons (Fsp3) is 0.750. The molecular formula is C12H22O6. The second-order valence-corrected chi connectivity index (χ2v) is 3.22. The zero-order valence-electron chi connectivity index (χ0n) is 10.9. The topological polar surface area (TPSA) is 63.2 Å². The van der Waals surface area contributed by atoms with E-state index in [0.29, 0.717) is 46.2 Å². The molecule has 0 fully saturated rings. The molecule has 0 aliphatic rings. The largest absolute Gasteiger partial charge is 0.467 e. The first-order valence-corrected chi connectivity index (χ1v) is 5.80. The van der Waals surface area contributed by atoms with Gasteiger partial charge in [0, 0.05) is 0 Å². The second kappa shape index (κ2) is 14.1. The van der Waals surface area contributed by atoms with E-state index in [1.54, 1.807) is 6.08 Å². The van der Waals surface area contributed by atoms with Crippen molar-refractivity contribution >= 4 is 5.97 Å². The number of methoxy groups -OCH3 is 1. The fourth-order valence-corrected chi connectivity index (χ4v) is 0.939. The first-order valence-electron chi connectivity index (χ1n) is 5.80. The summed E-state index contributed by atoms with van der Waals surface area (Å²) in [4.78, 5) is 10.7. The van der Waals surface area contributed by atoms with Crippen molar-refractivity contribution in [1.29, 1.82) is 0 Å². The summed E-state index contributed by atoms with van der Waals surface area (Å²) in [5.74, 6) is -0.391. The third-order valence-corrected chi connectivity index (χ3v) is 1.80. The molecule has 6 heteroatoms. The molecule has 0 saturated carbocycles. The van der Waals surface area contributed by atoms with Gasteiger partial charge in [-0.1, -0.05) is 6.08 Å². The molecule has 0 rings (SSSR count). The number of ether oxygens (including phenoxy) is 5. The standard InChI is InChI=1S/C12H22O6/c1-3-4-15-5-6-16-7-8-17-9-10-18-11-12(13)14-2/h3H,1,4-11H2,2H3. The number of carbonyl (C=O) groups excluding carboxylic acids is 1. The first kappa shape index (κ1) is 17.1. The van der Waals surface area contributed by atoms with Gasteiger partial charge in [-0.05, 0) is 0 Å². The van der Waals surface area contributed by atoms with Crippen LogP contribution in [0.25, 0.3) is 0 Å². The SMILES string of the molecule is C=CCOCCOCCOCCOCC(=O)OC. The third kappa shape index (κ3) is 13.1. The monoisotopic (exact) mass is 262 g/mol. The molecule has 0 aromatic carbocycles. The molecule has 0 amide bonds. The van der Waals surface area contributed by atoms with Gasteiger partial charge < -0.3 is 23.7 Å². The van der Waals surface area contributed by atoms with Crippen molar-refractivity contribution in [2.75, 3.05) is 60.0 Å². The Hall–Kier alpha value is -0.950. The highest BCUT2D eigenvalue weighted by atomic mass is 16.6. The summed E-state index contributed by atoms with van der Waals surface area (Å²) in [5.41, 5.74) is 0. The van der Waals surface area contributed by atoms with Crippen LogP contribution < -0.4 is 0 Å². The summed E-state index contributed by atoms with van der Waals surface area (Å²) in [7, 11) is 1.32. The fourth-order valence-electron chi connectivity index (χ4n) is 0.939. The maximum absolute atomic E-state index is 10.7. The highest BCUT2D eigenvalue weighted by Gasteiger charge is 1.98. The van der Waals surface area contributed by atoms with Crippen molar-refractivity contribution in [2.45, 2.75) is 0 Å². The Morgan fingerprint density at radius 1 is 0.944 bits per heavy atom. The molecule has 0 radical (unpaired) electrons. The molecule has 0 aromatic heterocycles. The molecule has 0 bridgehead atoms. The van der Waals surface area contributed by atoms with Crippen LogP contribution >= 0.6 is 0 Å². The van der Waals surface area contributed by atoms with Crippen molar-refractivity contribution in [1.82, 2.24) is 0 Å². The van der Waals surface area contributed by atoms with Gasteiger partial charge >= 0.3 is 5.97 Å². The molecule has 6 nitrogen and oxygen atoms in total. The molecule has 0 atom stereocenters. The Morgan fingerprint density at radius 2 is 1.44 bits per heavy atom. The highest BCUT2D eigenvalue weighted by Crippen LogP contribution is 1.83. The number of carbonyl (C=O) groups is 1. The van der Waals surface area contributed by atoms with Crippen LogP contribution in [0.15, 0.2) is 12.7 Å². The van der Waals surface area contributed by atoms with Gasteiger partial charge in [-0.25, -0.2) is 4.79 Å². The van der Waals surface area contributed by atoms with Crippen LogP contribution in [0.5, 0.6) is 0 Å². The van der Waals surface area contributed by atoms with Crippen molar-refractivity contribution in [3.05, 3.63) is 12.7 Å². The van der Waals surface area contributed by atoms with Gasteiger partial charge in [0.15, 0.2) is 0 Å². The van der Waals surface area contributed by atoms with Crippen LogP contribution in [-0.4, -0.2) is 65.9 Å². The van der Waals surface area contributed by atoms with Crippen LogP contribution in [0.3, 0.4) is 0 Å². The average molecular weight is 262 g/mol. The van der Waals surface area contributed by atoms with Crippen LogP contribution in [0.1, 0.15) is 0 Å². The molecule has 0 N–H and O–H groups in total. The lowest BCUT2D eigenvalue weighted by Crippen LogP contribution is -2.15. The minimum atomic E-state index is -0.391. The minimum Gasteiger partial charge on any atom is -0.467 e. The van der Waals surface area contributed by atoms with Gasteiger partial charge in [0.25, 0.3) is 0 Å². The minimum absolute atomic E-state index is 0.0446. The quantitative estimate of drug-likeness (QED) is 0.272. The van der Waals surface area contributed by atoms with Crippen molar-refractivity contribution in [2.24, 2.45) is 0 Å². The molecule has 0 saturated heterocycles. The van der Waals surface area contributed by atoms with Crippen LogP contribution in [0, 0.1) is 0 Å². The van der Waals surface area contributed by atoms with E-state index in [0.717, 1.165) is 0 Å². The molecule has 0 aromatic rings. The predicted octanol–water partition coefficient (Wildman–Crippen LogP) is 0.412. The summed E-state index contributed by atoms with van der Waals surface area (Å²) >= 11 is 0. The first-order chi connectivity index (χ1) is 8.81. The molecule has 18 heavy (non-hydrogen) atoms. The van der Waals surface area contributed by atoms with E-state index in [1.807, 2.05) is 0 Å². The lowest BCUT2D eigenvalue weighted by Gasteiger charge is -2.06. The van der Waals surface area contributed by atoms with Gasteiger partial charge in [0.05, 0.1) is 53.4 Å².